The van der Waals surface area contributed by atoms with Crippen molar-refractivity contribution in [3.8, 4) is 0 Å². The Bertz CT molecular complexity index is 1110. The average molecular weight is 435 g/mol. The van der Waals surface area contributed by atoms with E-state index in [0.717, 1.165) is 55.4 Å². The molecule has 0 spiro atoms. The van der Waals surface area contributed by atoms with E-state index in [0.29, 0.717) is 29.4 Å². The van der Waals surface area contributed by atoms with Crippen LogP contribution < -0.4 is 22.1 Å². The van der Waals surface area contributed by atoms with Crippen LogP contribution in [-0.2, 0) is 0 Å². The number of benzene rings is 1. The number of nitrogens with two attached hydrogens (primary N) is 2. The third-order valence-electron chi connectivity index (χ3n) is 6.65. The second kappa shape index (κ2) is 8.74. The molecule has 0 atom stereocenters. The summed E-state index contributed by atoms with van der Waals surface area (Å²) in [6.07, 6.45) is 10.6. The van der Waals surface area contributed by atoms with E-state index in [1.807, 2.05) is 12.4 Å². The van der Waals surface area contributed by atoms with Crippen molar-refractivity contribution in [1.29, 1.82) is 0 Å². The van der Waals surface area contributed by atoms with E-state index in [1.165, 1.54) is 12.8 Å². The Morgan fingerprint density at radius 2 is 1.84 bits per heavy atom. The molecule has 3 aromatic rings. The Morgan fingerprint density at radius 1 is 1.06 bits per heavy atom. The fourth-order valence-electron chi connectivity index (χ4n) is 4.85. The molecular weight excluding hydrogens is 404 g/mol. The number of hydrogen-bond acceptors (Lipinski definition) is 7. The van der Waals surface area contributed by atoms with Gasteiger partial charge in [0.15, 0.2) is 17.0 Å². The lowest BCUT2D eigenvalue weighted by Crippen LogP contribution is -2.33. The van der Waals surface area contributed by atoms with Crippen molar-refractivity contribution in [2.45, 2.75) is 69.5 Å². The number of aromatic nitrogens is 4. The standard InChI is InChI=1S/C23H30N8O/c24-15-8-10-16(11-9-15)28-23-29-21(27-17-5-3-4-14(12-17)20(25)32)19-22(30-23)31(13-26-19)18-6-1-2-7-18/h3-5,12-13,15-16,18H,1-2,6-11,24H2,(H2,25,32)(H2,27,28,29,30). The van der Waals surface area contributed by atoms with Crippen LogP contribution >= 0.6 is 0 Å². The third kappa shape index (κ3) is 4.25. The molecule has 9 heteroatoms. The Kier molecular flexibility index (Phi) is 5.65. The van der Waals surface area contributed by atoms with E-state index in [9.17, 15) is 4.79 Å². The molecule has 2 saturated carbocycles. The smallest absolute Gasteiger partial charge is 0.248 e. The van der Waals surface area contributed by atoms with Gasteiger partial charge in [0, 0.05) is 29.4 Å². The number of anilines is 3. The molecule has 9 nitrogen and oxygen atoms in total. The average Bonchev–Trinajstić information content (AvgIpc) is 3.45. The fourth-order valence-corrected chi connectivity index (χ4v) is 4.85. The maximum atomic E-state index is 11.6. The normalized spacial score (nSPS) is 21.7. The van der Waals surface area contributed by atoms with Crippen molar-refractivity contribution < 1.29 is 4.79 Å². The number of primary amides is 1. The summed E-state index contributed by atoms with van der Waals surface area (Å²) in [7, 11) is 0. The topological polar surface area (TPSA) is 137 Å². The number of hydrogen-bond donors (Lipinski definition) is 4. The number of fused-ring (bicyclic) bond motifs is 1. The first-order valence-corrected chi connectivity index (χ1v) is 11.5. The van der Waals surface area contributed by atoms with Crippen molar-refractivity contribution >= 4 is 34.5 Å². The zero-order valence-corrected chi connectivity index (χ0v) is 18.1. The highest BCUT2D eigenvalue weighted by atomic mass is 16.1. The molecule has 168 valence electrons. The van der Waals surface area contributed by atoms with Gasteiger partial charge >= 0.3 is 0 Å². The predicted molar refractivity (Wildman–Crippen MR) is 125 cm³/mol. The second-order valence-electron chi connectivity index (χ2n) is 8.98. The SMILES string of the molecule is NC(=O)c1cccc(Nc2nc(NC3CCC(N)CC3)nc3c2ncn3C2CCCC2)c1. The molecule has 2 aliphatic carbocycles. The van der Waals surface area contributed by atoms with Crippen LogP contribution in [0.5, 0.6) is 0 Å². The molecule has 6 N–H and O–H groups in total. The van der Waals surface area contributed by atoms with Crippen LogP contribution in [0.4, 0.5) is 17.5 Å². The number of amides is 1. The quantitative estimate of drug-likeness (QED) is 0.466. The first-order valence-electron chi connectivity index (χ1n) is 11.5. The number of rotatable bonds is 6. The number of nitrogens with zero attached hydrogens (tertiary/aromatic N) is 4. The van der Waals surface area contributed by atoms with E-state index < -0.39 is 5.91 Å². The van der Waals surface area contributed by atoms with Gasteiger partial charge in [-0.1, -0.05) is 18.9 Å². The van der Waals surface area contributed by atoms with E-state index in [4.69, 9.17) is 21.4 Å². The van der Waals surface area contributed by atoms with Gasteiger partial charge in [0.1, 0.15) is 0 Å². The molecule has 0 radical (unpaired) electrons. The van der Waals surface area contributed by atoms with Crippen molar-refractivity contribution in [1.82, 2.24) is 19.5 Å². The highest BCUT2D eigenvalue weighted by Crippen LogP contribution is 2.34. The summed E-state index contributed by atoms with van der Waals surface area (Å²) in [5.41, 5.74) is 14.2. The van der Waals surface area contributed by atoms with Gasteiger partial charge in [-0.05, 0) is 56.7 Å². The molecule has 32 heavy (non-hydrogen) atoms. The number of carbonyl (C=O) groups excluding carboxylic acids is 1. The lowest BCUT2D eigenvalue weighted by Gasteiger charge is -2.27. The summed E-state index contributed by atoms with van der Waals surface area (Å²) in [5.74, 6) is 0.736. The van der Waals surface area contributed by atoms with Gasteiger partial charge < -0.3 is 26.7 Å². The Morgan fingerprint density at radius 3 is 2.59 bits per heavy atom. The number of carbonyl (C=O) groups is 1. The molecule has 2 aliphatic rings. The summed E-state index contributed by atoms with van der Waals surface area (Å²) in [6.45, 7) is 0. The van der Waals surface area contributed by atoms with Crippen molar-refractivity contribution in [2.24, 2.45) is 11.5 Å². The molecule has 0 unspecified atom stereocenters. The van der Waals surface area contributed by atoms with E-state index in [-0.39, 0.29) is 6.04 Å². The minimum atomic E-state index is -0.468. The molecule has 1 amide bonds. The van der Waals surface area contributed by atoms with Crippen molar-refractivity contribution in [3.63, 3.8) is 0 Å². The molecule has 2 heterocycles. The van der Waals surface area contributed by atoms with Crippen molar-refractivity contribution in [3.05, 3.63) is 36.2 Å². The van der Waals surface area contributed by atoms with Crippen LogP contribution in [0.3, 0.4) is 0 Å². The third-order valence-corrected chi connectivity index (χ3v) is 6.65. The molecule has 2 aromatic heterocycles. The summed E-state index contributed by atoms with van der Waals surface area (Å²) in [6, 6.07) is 8.10. The molecule has 0 saturated heterocycles. The van der Waals surface area contributed by atoms with Gasteiger partial charge in [-0.3, -0.25) is 4.79 Å². The monoisotopic (exact) mass is 434 g/mol. The van der Waals surface area contributed by atoms with Crippen LogP contribution in [0.15, 0.2) is 30.6 Å². The largest absolute Gasteiger partial charge is 0.366 e. The first kappa shape index (κ1) is 20.7. The van der Waals surface area contributed by atoms with Gasteiger partial charge in [-0.15, -0.1) is 0 Å². The fraction of sp³-hybridized carbons (Fsp3) is 0.478. The molecule has 2 fully saturated rings. The minimum Gasteiger partial charge on any atom is -0.366 e. The van der Waals surface area contributed by atoms with E-state index in [2.05, 4.69) is 20.2 Å². The number of nitrogens with one attached hydrogen (secondary N) is 2. The maximum Gasteiger partial charge on any atom is 0.248 e. The van der Waals surface area contributed by atoms with Gasteiger partial charge in [0.25, 0.3) is 0 Å². The lowest BCUT2D eigenvalue weighted by molar-refractivity contribution is 0.100. The van der Waals surface area contributed by atoms with Gasteiger partial charge in [-0.2, -0.15) is 9.97 Å². The van der Waals surface area contributed by atoms with Gasteiger partial charge in [0.2, 0.25) is 11.9 Å². The van der Waals surface area contributed by atoms with E-state index in [1.54, 1.807) is 18.2 Å². The van der Waals surface area contributed by atoms with Crippen LogP contribution in [0, 0.1) is 0 Å². The van der Waals surface area contributed by atoms with Crippen LogP contribution in [0.2, 0.25) is 0 Å². The first-order chi connectivity index (χ1) is 15.6. The van der Waals surface area contributed by atoms with Crippen molar-refractivity contribution in [2.75, 3.05) is 10.6 Å². The summed E-state index contributed by atoms with van der Waals surface area (Å²) in [5, 5.41) is 6.86. The zero-order valence-electron chi connectivity index (χ0n) is 18.1. The second-order valence-corrected chi connectivity index (χ2v) is 8.98. The molecule has 0 bridgehead atoms. The Hall–Kier alpha value is -3.20. The molecule has 5 rings (SSSR count). The van der Waals surface area contributed by atoms with Crippen LogP contribution in [-0.4, -0.2) is 37.5 Å². The summed E-state index contributed by atoms with van der Waals surface area (Å²) < 4.78 is 2.19. The lowest BCUT2D eigenvalue weighted by atomic mass is 9.92. The molecular formula is C23H30N8O. The minimum absolute atomic E-state index is 0.287. The highest BCUT2D eigenvalue weighted by Gasteiger charge is 2.24. The maximum absolute atomic E-state index is 11.6. The Balaban J connectivity index is 1.51. The molecule has 1 aromatic carbocycles. The van der Waals surface area contributed by atoms with Crippen LogP contribution in [0.1, 0.15) is 67.8 Å². The predicted octanol–water partition coefficient (Wildman–Crippen LogP) is 3.47. The molecule has 0 aliphatic heterocycles. The summed E-state index contributed by atoms with van der Waals surface area (Å²) in [4.78, 5) is 25.9. The summed E-state index contributed by atoms with van der Waals surface area (Å²) >= 11 is 0. The van der Waals surface area contributed by atoms with E-state index >= 15 is 0 Å². The van der Waals surface area contributed by atoms with Gasteiger partial charge in [0.05, 0.1) is 6.33 Å². The number of imidazole rings is 1. The Labute approximate surface area is 187 Å². The van der Waals surface area contributed by atoms with Crippen LogP contribution in [0.25, 0.3) is 11.2 Å². The highest BCUT2D eigenvalue weighted by molar-refractivity contribution is 5.94. The zero-order chi connectivity index (χ0) is 22.1. The van der Waals surface area contributed by atoms with Gasteiger partial charge in [-0.25, -0.2) is 4.98 Å².